The van der Waals surface area contributed by atoms with Crippen LogP contribution < -0.4 is 10.6 Å². The van der Waals surface area contributed by atoms with Gasteiger partial charge in [-0.05, 0) is 100.0 Å². The van der Waals surface area contributed by atoms with Crippen molar-refractivity contribution in [3.05, 3.63) is 35.9 Å². The number of nitrogens with zero attached hydrogens (tertiary/aromatic N) is 1. The second kappa shape index (κ2) is 19.0. The highest BCUT2D eigenvalue weighted by Crippen LogP contribution is 2.16. The number of benzene rings is 1. The number of hydrogen-bond donors (Lipinski definition) is 2. The van der Waals surface area contributed by atoms with Crippen molar-refractivity contribution < 1.29 is 42.9 Å². The quantitative estimate of drug-likeness (QED) is 0.121. The second-order valence-electron chi connectivity index (χ2n) is 14.1. The molecule has 0 aromatic heterocycles. The first-order valence-corrected chi connectivity index (χ1v) is 16.0. The fourth-order valence-corrected chi connectivity index (χ4v) is 3.95. The van der Waals surface area contributed by atoms with Gasteiger partial charge in [0.25, 0.3) is 0 Å². The predicted octanol–water partition coefficient (Wildman–Crippen LogP) is 6.64. The van der Waals surface area contributed by atoms with Gasteiger partial charge in [-0.15, -0.1) is 0 Å². The molecule has 0 saturated carbocycles. The lowest BCUT2D eigenvalue weighted by molar-refractivity contribution is -0.149. The van der Waals surface area contributed by atoms with Crippen molar-refractivity contribution in [2.45, 2.75) is 137 Å². The van der Waals surface area contributed by atoms with E-state index in [0.717, 1.165) is 10.5 Å². The van der Waals surface area contributed by atoms with Gasteiger partial charge >= 0.3 is 24.2 Å². The van der Waals surface area contributed by atoms with Crippen LogP contribution >= 0.6 is 0 Å². The van der Waals surface area contributed by atoms with E-state index in [-0.39, 0.29) is 25.5 Å². The molecule has 1 rings (SSSR count). The van der Waals surface area contributed by atoms with Crippen molar-refractivity contribution in [1.82, 2.24) is 15.5 Å². The summed E-state index contributed by atoms with van der Waals surface area (Å²) in [5, 5.41) is 5.47. The van der Waals surface area contributed by atoms with E-state index in [4.69, 9.17) is 18.9 Å². The molecule has 0 heterocycles. The predicted molar refractivity (Wildman–Crippen MR) is 174 cm³/mol. The number of rotatable bonds is 15. The molecule has 12 heteroatoms. The fraction of sp³-hybridized carbons (Fsp3) is 0.676. The summed E-state index contributed by atoms with van der Waals surface area (Å²) < 4.78 is 21.5. The standard InChI is InChI=1S/C34H55N3O9/c1-32(2,3)44-29(40)35-22-16-15-20-26(28(39)43-24-25-18-12-10-13-19-25)36-27(38)21-14-11-17-23-37(30(41)45-33(4,5)6)31(42)46-34(7,8)9/h10,12-13,18-19,26H,11,14-17,20-24H2,1-9H3,(H,35,40)(H,36,38). The number of unbranched alkanes of at least 4 members (excludes halogenated alkanes) is 3. The summed E-state index contributed by atoms with van der Waals surface area (Å²) in [5.41, 5.74) is -1.35. The Kier molecular flexibility index (Phi) is 16.6. The maximum atomic E-state index is 12.9. The summed E-state index contributed by atoms with van der Waals surface area (Å²) in [4.78, 5) is 63.9. The molecule has 0 fully saturated rings. The minimum absolute atomic E-state index is 0.0667. The molecule has 260 valence electrons. The molecule has 0 bridgehead atoms. The number of imide groups is 1. The van der Waals surface area contributed by atoms with Gasteiger partial charge < -0.3 is 29.6 Å². The number of esters is 1. The third-order valence-corrected chi connectivity index (χ3v) is 5.94. The zero-order chi connectivity index (χ0) is 35.0. The molecule has 12 nitrogen and oxygen atoms in total. The number of hydrogen-bond acceptors (Lipinski definition) is 9. The van der Waals surface area contributed by atoms with Crippen LogP contribution in [0.4, 0.5) is 14.4 Å². The van der Waals surface area contributed by atoms with Crippen molar-refractivity contribution in [3.63, 3.8) is 0 Å². The lowest BCUT2D eigenvalue weighted by atomic mass is 10.1. The first kappa shape index (κ1) is 40.2. The van der Waals surface area contributed by atoms with Crippen LogP contribution in [0.3, 0.4) is 0 Å². The Balaban J connectivity index is 2.66. The smallest absolute Gasteiger partial charge is 0.419 e. The first-order chi connectivity index (χ1) is 21.3. The molecule has 0 aliphatic carbocycles. The molecule has 1 aromatic rings. The van der Waals surface area contributed by atoms with Crippen LogP contribution in [-0.2, 0) is 35.1 Å². The molecule has 1 unspecified atom stereocenters. The van der Waals surface area contributed by atoms with Gasteiger partial charge in [-0.2, -0.15) is 0 Å². The van der Waals surface area contributed by atoms with Gasteiger partial charge in [-0.1, -0.05) is 36.8 Å². The SMILES string of the molecule is CC(C)(C)OC(=O)NCCCCC(NC(=O)CCCCCN(C(=O)OC(C)(C)C)C(=O)OC(C)(C)C)C(=O)OCc1ccccc1. The lowest BCUT2D eigenvalue weighted by Gasteiger charge is -2.28. The number of alkyl carbamates (subject to hydrolysis) is 1. The van der Waals surface area contributed by atoms with Crippen LogP contribution in [0.1, 0.15) is 113 Å². The highest BCUT2D eigenvalue weighted by molar-refractivity contribution is 5.88. The Morgan fingerprint density at radius 1 is 0.717 bits per heavy atom. The monoisotopic (exact) mass is 649 g/mol. The van der Waals surface area contributed by atoms with E-state index in [1.165, 1.54) is 0 Å². The van der Waals surface area contributed by atoms with Gasteiger partial charge in [0, 0.05) is 19.5 Å². The normalized spacial score (nSPS) is 12.4. The van der Waals surface area contributed by atoms with E-state index >= 15 is 0 Å². The van der Waals surface area contributed by atoms with Crippen LogP contribution in [0.5, 0.6) is 0 Å². The van der Waals surface area contributed by atoms with Crippen LogP contribution in [0.15, 0.2) is 30.3 Å². The lowest BCUT2D eigenvalue weighted by Crippen LogP contribution is -2.44. The highest BCUT2D eigenvalue weighted by Gasteiger charge is 2.31. The van der Waals surface area contributed by atoms with Gasteiger partial charge in [0.2, 0.25) is 5.91 Å². The molecular weight excluding hydrogens is 594 g/mol. The van der Waals surface area contributed by atoms with Crippen molar-refractivity contribution in [2.75, 3.05) is 13.1 Å². The van der Waals surface area contributed by atoms with Crippen molar-refractivity contribution in [1.29, 1.82) is 0 Å². The average molecular weight is 650 g/mol. The van der Waals surface area contributed by atoms with E-state index in [9.17, 15) is 24.0 Å². The highest BCUT2D eigenvalue weighted by atomic mass is 16.6. The van der Waals surface area contributed by atoms with Crippen molar-refractivity contribution in [2.24, 2.45) is 0 Å². The third-order valence-electron chi connectivity index (χ3n) is 5.94. The van der Waals surface area contributed by atoms with Gasteiger partial charge in [-0.25, -0.2) is 24.1 Å². The average Bonchev–Trinajstić information content (AvgIpc) is 2.90. The summed E-state index contributed by atoms with van der Waals surface area (Å²) in [6, 6.07) is 8.39. The molecule has 2 N–H and O–H groups in total. The topological polar surface area (TPSA) is 150 Å². The van der Waals surface area contributed by atoms with E-state index in [1.807, 2.05) is 30.3 Å². The van der Waals surface area contributed by atoms with Crippen LogP contribution in [-0.4, -0.2) is 71.0 Å². The number of nitrogens with one attached hydrogen (secondary N) is 2. The minimum atomic E-state index is -0.854. The first-order valence-electron chi connectivity index (χ1n) is 16.0. The largest absolute Gasteiger partial charge is 0.459 e. The Morgan fingerprint density at radius 3 is 1.83 bits per heavy atom. The van der Waals surface area contributed by atoms with Gasteiger partial charge in [0.05, 0.1) is 0 Å². The van der Waals surface area contributed by atoms with Gasteiger partial charge in [-0.3, -0.25) is 4.79 Å². The van der Waals surface area contributed by atoms with E-state index < -0.39 is 47.1 Å². The molecule has 0 spiro atoms. The number of ether oxygens (including phenoxy) is 4. The van der Waals surface area contributed by atoms with Crippen molar-refractivity contribution in [3.8, 4) is 0 Å². The molecule has 1 aromatic carbocycles. The van der Waals surface area contributed by atoms with Crippen LogP contribution in [0.2, 0.25) is 0 Å². The molecular formula is C34H55N3O9. The molecule has 46 heavy (non-hydrogen) atoms. The van der Waals surface area contributed by atoms with Crippen LogP contribution in [0, 0.1) is 0 Å². The maximum Gasteiger partial charge on any atom is 0.419 e. The summed E-state index contributed by atoms with van der Waals surface area (Å²) >= 11 is 0. The molecule has 0 aliphatic heterocycles. The third kappa shape index (κ3) is 19.5. The molecule has 0 radical (unpaired) electrons. The summed E-state index contributed by atoms with van der Waals surface area (Å²) in [6.45, 7) is 16.1. The molecule has 1 atom stereocenters. The zero-order valence-corrected chi connectivity index (χ0v) is 29.2. The summed E-state index contributed by atoms with van der Waals surface area (Å²) in [6.07, 6.45) is 0.921. The summed E-state index contributed by atoms with van der Waals surface area (Å²) in [7, 11) is 0. The van der Waals surface area contributed by atoms with E-state index in [0.29, 0.717) is 45.1 Å². The second-order valence-corrected chi connectivity index (χ2v) is 14.1. The van der Waals surface area contributed by atoms with Crippen LogP contribution in [0.25, 0.3) is 0 Å². The Morgan fingerprint density at radius 2 is 1.28 bits per heavy atom. The fourth-order valence-electron chi connectivity index (χ4n) is 3.95. The van der Waals surface area contributed by atoms with Gasteiger partial charge in [0.15, 0.2) is 0 Å². The zero-order valence-electron chi connectivity index (χ0n) is 29.2. The minimum Gasteiger partial charge on any atom is -0.459 e. The molecule has 0 saturated heterocycles. The number of amides is 4. The van der Waals surface area contributed by atoms with E-state index in [2.05, 4.69) is 10.6 Å². The van der Waals surface area contributed by atoms with Gasteiger partial charge in [0.1, 0.15) is 29.5 Å². The molecule has 4 amide bonds. The van der Waals surface area contributed by atoms with Crippen molar-refractivity contribution >= 4 is 30.2 Å². The maximum absolute atomic E-state index is 12.9. The van der Waals surface area contributed by atoms with E-state index in [1.54, 1.807) is 62.3 Å². The number of carbonyl (C=O) groups is 5. The Bertz CT molecular complexity index is 1090. The molecule has 0 aliphatic rings. The Hall–Kier alpha value is -3.83. The Labute approximate surface area is 274 Å². The number of carbonyl (C=O) groups excluding carboxylic acids is 5. The summed E-state index contributed by atoms with van der Waals surface area (Å²) in [5.74, 6) is -0.854.